The van der Waals surface area contributed by atoms with Gasteiger partial charge in [0.2, 0.25) is 5.91 Å². The molecule has 1 aliphatic carbocycles. The number of ether oxygens (including phenoxy) is 1. The van der Waals surface area contributed by atoms with Crippen LogP contribution in [0.25, 0.3) is 0 Å². The van der Waals surface area contributed by atoms with Crippen molar-refractivity contribution in [2.75, 3.05) is 6.61 Å². The normalized spacial score (nSPS) is 14.5. The molecule has 0 heterocycles. The standard InChI is InChI=1S/C30H31Cl3N2O3/c31-23-10-7-13-25(18-23)38-20-29(36)35(19-22-14-15-26(32)27(33)16-22)28(17-21-8-3-1-4-9-21)30(37)34-24-11-5-2-6-12-24/h1,3-4,7-10,13-16,18,24,28H,2,5-6,11-12,17,19-20H2,(H,34,37)/t28-/m0/s1. The third-order valence-corrected chi connectivity index (χ3v) is 7.69. The van der Waals surface area contributed by atoms with Crippen molar-refractivity contribution in [2.24, 2.45) is 0 Å². The van der Waals surface area contributed by atoms with E-state index in [2.05, 4.69) is 5.32 Å². The minimum Gasteiger partial charge on any atom is -0.484 e. The maximum Gasteiger partial charge on any atom is 0.261 e. The zero-order valence-electron chi connectivity index (χ0n) is 21.0. The van der Waals surface area contributed by atoms with Crippen LogP contribution in [0.4, 0.5) is 0 Å². The molecule has 1 fully saturated rings. The van der Waals surface area contributed by atoms with Crippen molar-refractivity contribution in [3.05, 3.63) is 99.0 Å². The molecule has 4 rings (SSSR count). The Morgan fingerprint density at radius 3 is 2.34 bits per heavy atom. The molecule has 1 N–H and O–H groups in total. The van der Waals surface area contributed by atoms with Gasteiger partial charge in [0.1, 0.15) is 11.8 Å². The Morgan fingerprint density at radius 1 is 0.868 bits per heavy atom. The topological polar surface area (TPSA) is 58.6 Å². The lowest BCUT2D eigenvalue weighted by atomic mass is 9.94. The number of hydrogen-bond donors (Lipinski definition) is 1. The monoisotopic (exact) mass is 572 g/mol. The number of hydrogen-bond acceptors (Lipinski definition) is 3. The van der Waals surface area contributed by atoms with Gasteiger partial charge in [-0.2, -0.15) is 0 Å². The summed E-state index contributed by atoms with van der Waals surface area (Å²) in [6.45, 7) is -0.0755. The number of nitrogens with one attached hydrogen (secondary N) is 1. The van der Waals surface area contributed by atoms with E-state index in [-0.39, 0.29) is 31.0 Å². The number of halogens is 3. The quantitative estimate of drug-likeness (QED) is 0.281. The van der Waals surface area contributed by atoms with Crippen LogP contribution in [0.2, 0.25) is 15.1 Å². The maximum absolute atomic E-state index is 13.8. The van der Waals surface area contributed by atoms with Gasteiger partial charge in [-0.25, -0.2) is 0 Å². The van der Waals surface area contributed by atoms with Crippen LogP contribution in [0.1, 0.15) is 43.2 Å². The Bertz CT molecular complexity index is 1230. The molecule has 0 spiro atoms. The molecule has 38 heavy (non-hydrogen) atoms. The molecule has 2 amide bonds. The van der Waals surface area contributed by atoms with Gasteiger partial charge in [0.05, 0.1) is 10.0 Å². The van der Waals surface area contributed by atoms with E-state index >= 15 is 0 Å². The van der Waals surface area contributed by atoms with Gasteiger partial charge in [0.25, 0.3) is 5.91 Å². The first-order valence-corrected chi connectivity index (χ1v) is 14.0. The van der Waals surface area contributed by atoms with E-state index in [4.69, 9.17) is 39.5 Å². The molecule has 0 saturated heterocycles. The van der Waals surface area contributed by atoms with Crippen LogP contribution < -0.4 is 10.1 Å². The molecular formula is C30H31Cl3N2O3. The van der Waals surface area contributed by atoms with Gasteiger partial charge in [-0.05, 0) is 54.3 Å². The molecule has 0 unspecified atom stereocenters. The Morgan fingerprint density at radius 2 is 1.63 bits per heavy atom. The van der Waals surface area contributed by atoms with Crippen LogP contribution in [0.3, 0.4) is 0 Å². The number of nitrogens with zero attached hydrogens (tertiary/aromatic N) is 1. The highest BCUT2D eigenvalue weighted by atomic mass is 35.5. The first kappa shape index (κ1) is 28.3. The molecule has 3 aromatic carbocycles. The Balaban J connectivity index is 1.62. The second-order valence-corrected chi connectivity index (χ2v) is 10.8. The molecule has 3 aromatic rings. The van der Waals surface area contributed by atoms with Crippen molar-refractivity contribution < 1.29 is 14.3 Å². The molecule has 0 aliphatic heterocycles. The minimum absolute atomic E-state index is 0.110. The third kappa shape index (κ3) is 8.13. The van der Waals surface area contributed by atoms with E-state index < -0.39 is 6.04 Å². The summed E-state index contributed by atoms with van der Waals surface area (Å²) in [5, 5.41) is 4.55. The zero-order valence-corrected chi connectivity index (χ0v) is 23.3. The van der Waals surface area contributed by atoms with E-state index in [1.807, 2.05) is 36.4 Å². The molecule has 1 saturated carbocycles. The van der Waals surface area contributed by atoms with Gasteiger partial charge in [0, 0.05) is 24.0 Å². The lowest BCUT2D eigenvalue weighted by Gasteiger charge is -2.33. The lowest BCUT2D eigenvalue weighted by molar-refractivity contribution is -0.143. The number of carbonyl (C=O) groups excluding carboxylic acids is 2. The highest BCUT2D eigenvalue weighted by Gasteiger charge is 2.32. The van der Waals surface area contributed by atoms with Crippen LogP contribution in [-0.2, 0) is 22.6 Å². The number of carbonyl (C=O) groups is 2. The van der Waals surface area contributed by atoms with Gasteiger partial charge >= 0.3 is 0 Å². The summed E-state index contributed by atoms with van der Waals surface area (Å²) in [5.41, 5.74) is 1.72. The van der Waals surface area contributed by atoms with Crippen molar-refractivity contribution in [1.29, 1.82) is 0 Å². The van der Waals surface area contributed by atoms with Crippen LogP contribution >= 0.6 is 34.8 Å². The fourth-order valence-corrected chi connectivity index (χ4v) is 5.22. The van der Waals surface area contributed by atoms with Gasteiger partial charge in [-0.1, -0.05) is 96.5 Å². The molecule has 5 nitrogen and oxygen atoms in total. The first-order chi connectivity index (χ1) is 18.4. The number of amides is 2. The summed E-state index contributed by atoms with van der Waals surface area (Å²) in [4.78, 5) is 29.1. The van der Waals surface area contributed by atoms with Gasteiger partial charge in [0.15, 0.2) is 6.61 Å². The van der Waals surface area contributed by atoms with E-state index in [0.717, 1.165) is 36.8 Å². The Hall–Kier alpha value is -2.73. The highest BCUT2D eigenvalue weighted by Crippen LogP contribution is 2.25. The maximum atomic E-state index is 13.8. The third-order valence-electron chi connectivity index (χ3n) is 6.72. The Labute approximate surface area is 239 Å². The smallest absolute Gasteiger partial charge is 0.261 e. The van der Waals surface area contributed by atoms with Gasteiger partial charge < -0.3 is 15.0 Å². The van der Waals surface area contributed by atoms with Crippen LogP contribution in [-0.4, -0.2) is 35.4 Å². The summed E-state index contributed by atoms with van der Waals surface area (Å²) in [6, 6.07) is 21.2. The van der Waals surface area contributed by atoms with Crippen molar-refractivity contribution >= 4 is 46.6 Å². The number of rotatable bonds is 10. The van der Waals surface area contributed by atoms with Crippen molar-refractivity contribution in [1.82, 2.24) is 10.2 Å². The van der Waals surface area contributed by atoms with Gasteiger partial charge in [-0.15, -0.1) is 0 Å². The van der Waals surface area contributed by atoms with Crippen molar-refractivity contribution in [3.63, 3.8) is 0 Å². The summed E-state index contributed by atoms with van der Waals surface area (Å²) < 4.78 is 5.79. The van der Waals surface area contributed by atoms with Crippen LogP contribution in [0.15, 0.2) is 72.8 Å². The summed E-state index contributed by atoms with van der Waals surface area (Å²) >= 11 is 18.5. The molecule has 0 aromatic heterocycles. The average molecular weight is 574 g/mol. The molecular weight excluding hydrogens is 543 g/mol. The molecule has 1 atom stereocenters. The predicted octanol–water partition coefficient (Wildman–Crippen LogP) is 7.11. The molecule has 1 aliphatic rings. The molecule has 200 valence electrons. The molecule has 0 bridgehead atoms. The van der Waals surface area contributed by atoms with E-state index in [1.54, 1.807) is 41.3 Å². The van der Waals surface area contributed by atoms with E-state index in [0.29, 0.717) is 27.2 Å². The fourth-order valence-electron chi connectivity index (χ4n) is 4.72. The SMILES string of the molecule is O=C(NC1CCCCC1)[C@H](Cc1ccccc1)N(Cc1ccc(Cl)c(Cl)c1)C(=O)COc1cccc(Cl)c1. The molecule has 8 heteroatoms. The second-order valence-electron chi connectivity index (χ2n) is 9.57. The molecule has 0 radical (unpaired) electrons. The predicted molar refractivity (Wildman–Crippen MR) is 153 cm³/mol. The Kier molecular flexibility index (Phi) is 10.3. The highest BCUT2D eigenvalue weighted by molar-refractivity contribution is 6.42. The largest absolute Gasteiger partial charge is 0.484 e. The summed E-state index contributed by atoms with van der Waals surface area (Å²) in [5.74, 6) is -0.0145. The number of benzene rings is 3. The average Bonchev–Trinajstić information content (AvgIpc) is 2.92. The van der Waals surface area contributed by atoms with E-state index in [1.165, 1.54) is 6.42 Å². The van der Waals surface area contributed by atoms with Crippen molar-refractivity contribution in [2.45, 2.75) is 57.2 Å². The van der Waals surface area contributed by atoms with Crippen LogP contribution in [0, 0.1) is 0 Å². The minimum atomic E-state index is -0.746. The van der Waals surface area contributed by atoms with E-state index in [9.17, 15) is 9.59 Å². The first-order valence-electron chi connectivity index (χ1n) is 12.8. The van der Waals surface area contributed by atoms with Gasteiger partial charge in [-0.3, -0.25) is 9.59 Å². The summed E-state index contributed by atoms with van der Waals surface area (Å²) in [7, 11) is 0. The fraction of sp³-hybridized carbons (Fsp3) is 0.333. The van der Waals surface area contributed by atoms with Crippen molar-refractivity contribution in [3.8, 4) is 5.75 Å². The second kappa shape index (κ2) is 13.9. The van der Waals surface area contributed by atoms with Crippen LogP contribution in [0.5, 0.6) is 5.75 Å². The zero-order chi connectivity index (χ0) is 26.9. The summed E-state index contributed by atoms with van der Waals surface area (Å²) in [6.07, 6.45) is 5.62. The lowest BCUT2D eigenvalue weighted by Crippen LogP contribution is -2.53.